The van der Waals surface area contributed by atoms with E-state index in [2.05, 4.69) is 20.9 Å². The van der Waals surface area contributed by atoms with E-state index in [1.165, 1.54) is 0 Å². The lowest BCUT2D eigenvalue weighted by Crippen LogP contribution is -2.32. The molecule has 10 N–H and O–H groups in total. The SMILES string of the molecule is NCCCNCCCCNC(=O)CCNC(=O)CC(O)CCCCCCN=C(N)N. The van der Waals surface area contributed by atoms with Crippen LogP contribution in [0.2, 0.25) is 0 Å². The number of nitrogens with zero attached hydrogens (tertiary/aromatic N) is 1. The lowest BCUT2D eigenvalue weighted by molar-refractivity contribution is -0.123. The largest absolute Gasteiger partial charge is 0.393 e. The fourth-order valence-electron chi connectivity index (χ4n) is 2.80. The summed E-state index contributed by atoms with van der Waals surface area (Å²) in [4.78, 5) is 27.5. The van der Waals surface area contributed by atoms with Crippen molar-refractivity contribution in [3.05, 3.63) is 0 Å². The van der Waals surface area contributed by atoms with Gasteiger partial charge in [0.05, 0.1) is 12.5 Å². The molecule has 0 spiro atoms. The maximum absolute atomic E-state index is 11.8. The number of nitrogens with two attached hydrogens (primary N) is 3. The third-order valence-electron chi connectivity index (χ3n) is 4.50. The first-order chi connectivity index (χ1) is 14.5. The number of amides is 2. The second-order valence-corrected chi connectivity index (χ2v) is 7.42. The van der Waals surface area contributed by atoms with Gasteiger partial charge in [0.2, 0.25) is 11.8 Å². The van der Waals surface area contributed by atoms with Crippen LogP contribution in [0.5, 0.6) is 0 Å². The van der Waals surface area contributed by atoms with Gasteiger partial charge in [0, 0.05) is 26.1 Å². The van der Waals surface area contributed by atoms with E-state index >= 15 is 0 Å². The van der Waals surface area contributed by atoms with Gasteiger partial charge in [-0.15, -0.1) is 0 Å². The second kappa shape index (κ2) is 20.4. The molecule has 176 valence electrons. The van der Waals surface area contributed by atoms with Gasteiger partial charge in [-0.25, -0.2) is 0 Å². The molecular formula is C20H43N7O3. The van der Waals surface area contributed by atoms with Crippen LogP contribution in [0.4, 0.5) is 0 Å². The van der Waals surface area contributed by atoms with E-state index in [0.29, 0.717) is 26.1 Å². The number of rotatable bonds is 20. The van der Waals surface area contributed by atoms with Crippen LogP contribution in [-0.4, -0.2) is 68.3 Å². The van der Waals surface area contributed by atoms with Gasteiger partial charge in [-0.3, -0.25) is 14.6 Å². The smallest absolute Gasteiger partial charge is 0.222 e. The number of hydrogen-bond acceptors (Lipinski definition) is 6. The Morgan fingerprint density at radius 1 is 0.833 bits per heavy atom. The molecule has 0 bridgehead atoms. The van der Waals surface area contributed by atoms with Crippen molar-refractivity contribution >= 4 is 17.8 Å². The highest BCUT2D eigenvalue weighted by Gasteiger charge is 2.11. The summed E-state index contributed by atoms with van der Waals surface area (Å²) < 4.78 is 0. The Hall–Kier alpha value is -1.91. The number of aliphatic imine (C=N–C) groups is 1. The third-order valence-corrected chi connectivity index (χ3v) is 4.50. The average molecular weight is 430 g/mol. The summed E-state index contributed by atoms with van der Waals surface area (Å²) in [6.07, 6.45) is 6.80. The summed E-state index contributed by atoms with van der Waals surface area (Å²) in [7, 11) is 0. The Morgan fingerprint density at radius 3 is 2.23 bits per heavy atom. The molecule has 0 aromatic carbocycles. The summed E-state index contributed by atoms with van der Waals surface area (Å²) >= 11 is 0. The van der Waals surface area contributed by atoms with E-state index in [4.69, 9.17) is 17.2 Å². The average Bonchev–Trinajstić information content (AvgIpc) is 2.69. The molecule has 0 saturated carbocycles. The quantitative estimate of drug-likeness (QED) is 0.0758. The number of unbranched alkanes of at least 4 members (excludes halogenated alkanes) is 4. The van der Waals surface area contributed by atoms with Crippen molar-refractivity contribution in [3.63, 3.8) is 0 Å². The third kappa shape index (κ3) is 20.8. The van der Waals surface area contributed by atoms with Crippen molar-refractivity contribution in [1.29, 1.82) is 0 Å². The molecule has 10 heteroatoms. The number of hydrogen-bond donors (Lipinski definition) is 7. The van der Waals surface area contributed by atoms with Crippen LogP contribution < -0.4 is 33.2 Å². The predicted octanol–water partition coefficient (Wildman–Crippen LogP) is -0.698. The molecule has 0 saturated heterocycles. The van der Waals surface area contributed by atoms with E-state index < -0.39 is 6.10 Å². The molecule has 0 rings (SSSR count). The van der Waals surface area contributed by atoms with E-state index in [0.717, 1.165) is 58.0 Å². The zero-order valence-electron chi connectivity index (χ0n) is 18.3. The van der Waals surface area contributed by atoms with E-state index in [-0.39, 0.29) is 37.2 Å². The molecule has 2 amide bonds. The molecule has 0 aromatic heterocycles. The van der Waals surface area contributed by atoms with Crippen LogP contribution in [0.1, 0.15) is 64.2 Å². The summed E-state index contributed by atoms with van der Waals surface area (Å²) in [6.45, 7) is 4.08. The molecule has 0 fully saturated rings. The highest BCUT2D eigenvalue weighted by Crippen LogP contribution is 2.08. The number of aliphatic hydroxyl groups excluding tert-OH is 1. The summed E-state index contributed by atoms with van der Waals surface area (Å²) in [6, 6.07) is 0. The molecular weight excluding hydrogens is 386 g/mol. The minimum absolute atomic E-state index is 0.0623. The Morgan fingerprint density at radius 2 is 1.50 bits per heavy atom. The lowest BCUT2D eigenvalue weighted by Gasteiger charge is -2.11. The van der Waals surface area contributed by atoms with Crippen molar-refractivity contribution in [1.82, 2.24) is 16.0 Å². The van der Waals surface area contributed by atoms with Gasteiger partial charge in [0.25, 0.3) is 0 Å². The zero-order chi connectivity index (χ0) is 22.5. The first-order valence-electron chi connectivity index (χ1n) is 11.1. The van der Waals surface area contributed by atoms with Crippen LogP contribution in [-0.2, 0) is 9.59 Å². The molecule has 0 radical (unpaired) electrons. The predicted molar refractivity (Wildman–Crippen MR) is 121 cm³/mol. The van der Waals surface area contributed by atoms with Gasteiger partial charge in [0.15, 0.2) is 5.96 Å². The van der Waals surface area contributed by atoms with Crippen molar-refractivity contribution in [3.8, 4) is 0 Å². The monoisotopic (exact) mass is 429 g/mol. The number of aliphatic hydroxyl groups is 1. The van der Waals surface area contributed by atoms with E-state index in [1.54, 1.807) is 0 Å². The van der Waals surface area contributed by atoms with Crippen molar-refractivity contribution in [2.45, 2.75) is 70.3 Å². The Balaban J connectivity index is 3.51. The highest BCUT2D eigenvalue weighted by molar-refractivity contribution is 5.79. The van der Waals surface area contributed by atoms with Gasteiger partial charge >= 0.3 is 0 Å². The molecule has 0 aliphatic carbocycles. The summed E-state index contributed by atoms with van der Waals surface area (Å²) in [5.74, 6) is -0.199. The Labute approximate surface area is 180 Å². The lowest BCUT2D eigenvalue weighted by atomic mass is 10.1. The van der Waals surface area contributed by atoms with Crippen molar-refractivity contribution in [2.24, 2.45) is 22.2 Å². The number of carbonyl (C=O) groups is 2. The molecule has 30 heavy (non-hydrogen) atoms. The highest BCUT2D eigenvalue weighted by atomic mass is 16.3. The molecule has 1 unspecified atom stereocenters. The van der Waals surface area contributed by atoms with E-state index in [9.17, 15) is 14.7 Å². The summed E-state index contributed by atoms with van der Waals surface area (Å²) in [5.41, 5.74) is 15.9. The fraction of sp³-hybridized carbons (Fsp3) is 0.850. The first-order valence-corrected chi connectivity index (χ1v) is 11.1. The van der Waals surface area contributed by atoms with Gasteiger partial charge < -0.3 is 38.3 Å². The zero-order valence-corrected chi connectivity index (χ0v) is 18.3. The van der Waals surface area contributed by atoms with Gasteiger partial charge in [-0.05, 0) is 51.7 Å². The molecule has 1 atom stereocenters. The van der Waals surface area contributed by atoms with Crippen LogP contribution in [0.3, 0.4) is 0 Å². The molecule has 0 heterocycles. The van der Waals surface area contributed by atoms with Crippen molar-refractivity contribution in [2.75, 3.05) is 39.3 Å². The molecule has 0 aliphatic rings. The minimum atomic E-state index is -0.657. The first kappa shape index (κ1) is 28.1. The van der Waals surface area contributed by atoms with Gasteiger partial charge in [-0.1, -0.05) is 19.3 Å². The normalized spacial score (nSPS) is 11.7. The van der Waals surface area contributed by atoms with Crippen LogP contribution in [0.15, 0.2) is 4.99 Å². The van der Waals surface area contributed by atoms with Crippen LogP contribution in [0, 0.1) is 0 Å². The minimum Gasteiger partial charge on any atom is -0.393 e. The number of guanidine groups is 1. The van der Waals surface area contributed by atoms with Crippen LogP contribution >= 0.6 is 0 Å². The second-order valence-electron chi connectivity index (χ2n) is 7.42. The van der Waals surface area contributed by atoms with Gasteiger partial charge in [0.1, 0.15) is 0 Å². The molecule has 0 aromatic rings. The standard InChI is InChI=1S/C20H43N7O3/c21-10-7-12-24-11-5-6-13-25-18(29)9-15-26-19(30)16-17(28)8-3-1-2-4-14-27-20(22)23/h17,24,28H,1-16,21H2,(H,25,29)(H,26,30)(H4,22,23,27). The Kier molecular flexibility index (Phi) is 19.1. The van der Waals surface area contributed by atoms with Crippen molar-refractivity contribution < 1.29 is 14.7 Å². The topological polar surface area (TPSA) is 181 Å². The maximum atomic E-state index is 11.8. The number of nitrogens with one attached hydrogen (secondary N) is 3. The summed E-state index contributed by atoms with van der Waals surface area (Å²) in [5, 5.41) is 18.8. The molecule has 10 nitrogen and oxygen atoms in total. The van der Waals surface area contributed by atoms with Gasteiger partial charge in [-0.2, -0.15) is 0 Å². The van der Waals surface area contributed by atoms with E-state index in [1.807, 2.05) is 0 Å². The molecule has 0 aliphatic heterocycles. The maximum Gasteiger partial charge on any atom is 0.222 e. The fourth-order valence-corrected chi connectivity index (χ4v) is 2.80. The Bertz CT molecular complexity index is 471. The van der Waals surface area contributed by atoms with Crippen LogP contribution in [0.25, 0.3) is 0 Å². The number of carbonyl (C=O) groups excluding carboxylic acids is 2.